The molecule has 0 aliphatic carbocycles. The fourth-order valence-corrected chi connectivity index (χ4v) is 4.08. The predicted molar refractivity (Wildman–Crippen MR) is 107 cm³/mol. The van der Waals surface area contributed by atoms with Crippen LogP contribution in [0.5, 0.6) is 0 Å². The Morgan fingerprint density at radius 3 is 2.48 bits per heavy atom. The van der Waals surface area contributed by atoms with Crippen LogP contribution in [0.25, 0.3) is 0 Å². The van der Waals surface area contributed by atoms with Gasteiger partial charge in [-0.05, 0) is 70.2 Å². The molecule has 2 amide bonds. The SMILES string of the molecule is Cc1cc(C)c(CCNC(=O)N2CCCC(N(C)CC(=O)O)CC2)c(C)c1. The van der Waals surface area contributed by atoms with E-state index in [-0.39, 0.29) is 18.6 Å². The molecule has 0 saturated carbocycles. The van der Waals surface area contributed by atoms with Gasteiger partial charge in [0.1, 0.15) is 0 Å². The van der Waals surface area contributed by atoms with E-state index in [1.807, 2.05) is 16.8 Å². The Morgan fingerprint density at radius 1 is 1.19 bits per heavy atom. The molecule has 27 heavy (non-hydrogen) atoms. The zero-order chi connectivity index (χ0) is 20.0. The second kappa shape index (κ2) is 9.74. The predicted octanol–water partition coefficient (Wildman–Crippen LogP) is 2.73. The number of carboxylic acids is 1. The number of hydrogen-bond donors (Lipinski definition) is 2. The van der Waals surface area contributed by atoms with Crippen LogP contribution in [0, 0.1) is 20.8 Å². The summed E-state index contributed by atoms with van der Waals surface area (Å²) >= 11 is 0. The Labute approximate surface area is 162 Å². The van der Waals surface area contributed by atoms with E-state index in [1.54, 1.807) is 0 Å². The highest BCUT2D eigenvalue weighted by atomic mass is 16.4. The number of hydrogen-bond acceptors (Lipinski definition) is 3. The largest absolute Gasteiger partial charge is 0.480 e. The van der Waals surface area contributed by atoms with Gasteiger partial charge in [-0.3, -0.25) is 9.69 Å². The zero-order valence-electron chi connectivity index (χ0n) is 17.0. The molecule has 6 heteroatoms. The molecule has 1 heterocycles. The molecule has 1 saturated heterocycles. The first-order valence-corrected chi connectivity index (χ1v) is 9.79. The van der Waals surface area contributed by atoms with Crippen molar-refractivity contribution in [2.24, 2.45) is 0 Å². The number of carbonyl (C=O) groups excluding carboxylic acids is 1. The average molecular weight is 376 g/mol. The monoisotopic (exact) mass is 375 g/mol. The standard InChI is InChI=1S/C21H33N3O3/c1-15-12-16(2)19(17(3)13-15)7-9-22-21(27)24-10-5-6-18(8-11-24)23(4)14-20(25)26/h12-13,18H,5-11,14H2,1-4H3,(H,22,27)(H,25,26). The number of urea groups is 1. The zero-order valence-corrected chi connectivity index (χ0v) is 17.0. The summed E-state index contributed by atoms with van der Waals surface area (Å²) < 4.78 is 0. The number of nitrogens with zero attached hydrogens (tertiary/aromatic N) is 2. The van der Waals surface area contributed by atoms with Crippen molar-refractivity contribution in [1.82, 2.24) is 15.1 Å². The smallest absolute Gasteiger partial charge is 0.317 e. The molecule has 1 atom stereocenters. The van der Waals surface area contributed by atoms with Crippen LogP contribution >= 0.6 is 0 Å². The molecule has 2 rings (SSSR count). The summed E-state index contributed by atoms with van der Waals surface area (Å²) in [6.45, 7) is 8.43. The van der Waals surface area contributed by atoms with Gasteiger partial charge in [0.15, 0.2) is 0 Å². The lowest BCUT2D eigenvalue weighted by Crippen LogP contribution is -2.42. The number of nitrogens with one attached hydrogen (secondary N) is 1. The first-order chi connectivity index (χ1) is 12.8. The van der Waals surface area contributed by atoms with Crippen molar-refractivity contribution in [3.8, 4) is 0 Å². The first kappa shape index (κ1) is 21.2. The van der Waals surface area contributed by atoms with Crippen molar-refractivity contribution in [3.05, 3.63) is 34.4 Å². The molecule has 6 nitrogen and oxygen atoms in total. The Morgan fingerprint density at radius 2 is 1.85 bits per heavy atom. The van der Waals surface area contributed by atoms with Gasteiger partial charge in [-0.1, -0.05) is 17.7 Å². The minimum Gasteiger partial charge on any atom is -0.480 e. The van der Waals surface area contributed by atoms with E-state index in [0.29, 0.717) is 13.1 Å². The topological polar surface area (TPSA) is 72.9 Å². The van der Waals surface area contributed by atoms with E-state index in [4.69, 9.17) is 5.11 Å². The van der Waals surface area contributed by atoms with Crippen molar-refractivity contribution >= 4 is 12.0 Å². The highest BCUT2D eigenvalue weighted by molar-refractivity contribution is 5.74. The Balaban J connectivity index is 1.82. The van der Waals surface area contributed by atoms with Crippen LogP contribution in [0.15, 0.2) is 12.1 Å². The number of likely N-dealkylation sites (tertiary alicyclic amines) is 1. The van der Waals surface area contributed by atoms with Crippen molar-refractivity contribution in [3.63, 3.8) is 0 Å². The second-order valence-corrected chi connectivity index (χ2v) is 7.74. The minimum absolute atomic E-state index is 0.0149. The van der Waals surface area contributed by atoms with Gasteiger partial charge in [0.25, 0.3) is 0 Å². The summed E-state index contributed by atoms with van der Waals surface area (Å²) in [5.41, 5.74) is 5.14. The number of aliphatic carboxylic acids is 1. The van der Waals surface area contributed by atoms with E-state index in [1.165, 1.54) is 22.3 Å². The van der Waals surface area contributed by atoms with Gasteiger partial charge in [0.2, 0.25) is 0 Å². The van der Waals surface area contributed by atoms with E-state index in [2.05, 4.69) is 38.2 Å². The molecule has 1 unspecified atom stereocenters. The third-order valence-electron chi connectivity index (χ3n) is 5.48. The lowest BCUT2D eigenvalue weighted by Gasteiger charge is -2.25. The summed E-state index contributed by atoms with van der Waals surface area (Å²) in [4.78, 5) is 27.2. The Kier molecular flexibility index (Phi) is 7.66. The second-order valence-electron chi connectivity index (χ2n) is 7.74. The van der Waals surface area contributed by atoms with Crippen LogP contribution in [-0.4, -0.2) is 66.2 Å². The Bertz CT molecular complexity index is 652. The maximum absolute atomic E-state index is 12.5. The molecule has 1 aromatic carbocycles. The normalized spacial score (nSPS) is 17.7. The molecule has 150 valence electrons. The number of amides is 2. The van der Waals surface area contributed by atoms with E-state index in [9.17, 15) is 9.59 Å². The van der Waals surface area contributed by atoms with Crippen LogP contribution < -0.4 is 5.32 Å². The van der Waals surface area contributed by atoms with E-state index >= 15 is 0 Å². The molecule has 1 aliphatic heterocycles. The van der Waals surface area contributed by atoms with Gasteiger partial charge < -0.3 is 15.3 Å². The number of carboxylic acid groups (broad SMARTS) is 1. The van der Waals surface area contributed by atoms with Gasteiger partial charge >= 0.3 is 12.0 Å². The van der Waals surface area contributed by atoms with Gasteiger partial charge in [-0.2, -0.15) is 0 Å². The van der Waals surface area contributed by atoms with Crippen LogP contribution in [-0.2, 0) is 11.2 Å². The quantitative estimate of drug-likeness (QED) is 0.802. The van der Waals surface area contributed by atoms with Crippen molar-refractivity contribution in [2.45, 2.75) is 52.5 Å². The van der Waals surface area contributed by atoms with Gasteiger partial charge in [-0.25, -0.2) is 4.79 Å². The van der Waals surface area contributed by atoms with Gasteiger partial charge in [0, 0.05) is 25.7 Å². The third-order valence-corrected chi connectivity index (χ3v) is 5.48. The van der Waals surface area contributed by atoms with Gasteiger partial charge in [0.05, 0.1) is 6.54 Å². The summed E-state index contributed by atoms with van der Waals surface area (Å²) in [5.74, 6) is -0.807. The molecule has 0 aromatic heterocycles. The van der Waals surface area contributed by atoms with Crippen molar-refractivity contribution < 1.29 is 14.7 Å². The molecular formula is C21H33N3O3. The van der Waals surface area contributed by atoms with Gasteiger partial charge in [-0.15, -0.1) is 0 Å². The van der Waals surface area contributed by atoms with E-state index < -0.39 is 5.97 Å². The van der Waals surface area contributed by atoms with Crippen LogP contribution in [0.2, 0.25) is 0 Å². The third kappa shape index (κ3) is 6.24. The molecule has 1 fully saturated rings. The molecule has 0 spiro atoms. The molecule has 1 aliphatic rings. The van der Waals surface area contributed by atoms with Crippen molar-refractivity contribution in [2.75, 3.05) is 33.2 Å². The molecule has 0 bridgehead atoms. The number of carbonyl (C=O) groups is 2. The molecule has 1 aromatic rings. The summed E-state index contributed by atoms with van der Waals surface area (Å²) in [7, 11) is 1.85. The maximum atomic E-state index is 12.5. The van der Waals surface area contributed by atoms with Crippen LogP contribution in [0.3, 0.4) is 0 Å². The van der Waals surface area contributed by atoms with Crippen LogP contribution in [0.1, 0.15) is 41.5 Å². The minimum atomic E-state index is -0.807. The average Bonchev–Trinajstić information content (AvgIpc) is 2.82. The summed E-state index contributed by atoms with van der Waals surface area (Å²) in [6, 6.07) is 4.58. The molecular weight excluding hydrogens is 342 g/mol. The fraction of sp³-hybridized carbons (Fsp3) is 0.619. The summed E-state index contributed by atoms with van der Waals surface area (Å²) in [6.07, 6.45) is 3.47. The number of benzene rings is 1. The maximum Gasteiger partial charge on any atom is 0.317 e. The number of likely N-dealkylation sites (N-methyl/N-ethyl adjacent to an activating group) is 1. The van der Waals surface area contributed by atoms with E-state index in [0.717, 1.165) is 32.2 Å². The number of aryl methyl sites for hydroxylation is 3. The number of rotatable bonds is 6. The molecule has 2 N–H and O–H groups in total. The highest BCUT2D eigenvalue weighted by Gasteiger charge is 2.23. The molecule has 0 radical (unpaired) electrons. The lowest BCUT2D eigenvalue weighted by atomic mass is 9.97. The highest BCUT2D eigenvalue weighted by Crippen LogP contribution is 2.17. The fourth-order valence-electron chi connectivity index (χ4n) is 4.08. The first-order valence-electron chi connectivity index (χ1n) is 9.79. The van der Waals surface area contributed by atoms with Crippen molar-refractivity contribution in [1.29, 1.82) is 0 Å². The van der Waals surface area contributed by atoms with Crippen LogP contribution in [0.4, 0.5) is 4.79 Å². The Hall–Kier alpha value is -2.08. The lowest BCUT2D eigenvalue weighted by molar-refractivity contribution is -0.138. The summed E-state index contributed by atoms with van der Waals surface area (Å²) in [5, 5.41) is 12.0.